The van der Waals surface area contributed by atoms with Crippen molar-refractivity contribution in [2.24, 2.45) is 0 Å². The van der Waals surface area contributed by atoms with Gasteiger partial charge in [-0.25, -0.2) is 0 Å². The fourth-order valence-corrected chi connectivity index (χ4v) is 2.42. The highest BCUT2D eigenvalue weighted by Gasteiger charge is 2.18. The second-order valence-corrected chi connectivity index (χ2v) is 5.20. The first-order valence-electron chi connectivity index (χ1n) is 7.34. The molecule has 0 aliphatic heterocycles. The fourth-order valence-electron chi connectivity index (χ4n) is 2.42. The van der Waals surface area contributed by atoms with E-state index in [9.17, 15) is 4.79 Å². The smallest absolute Gasteiger partial charge is 0.185 e. The second-order valence-electron chi connectivity index (χ2n) is 5.20. The maximum atomic E-state index is 12.5. The third kappa shape index (κ3) is 3.72. The van der Waals surface area contributed by atoms with Crippen molar-refractivity contribution in [1.29, 1.82) is 0 Å². The van der Waals surface area contributed by atoms with Gasteiger partial charge in [-0.05, 0) is 25.3 Å². The molecule has 4 heteroatoms. The summed E-state index contributed by atoms with van der Waals surface area (Å²) in [5.41, 5.74) is 2.99. The molecule has 0 radical (unpaired) electrons. The Hall–Kier alpha value is -2.10. The predicted molar refractivity (Wildman–Crippen MR) is 82.9 cm³/mol. The molecule has 4 nitrogen and oxygen atoms in total. The van der Waals surface area contributed by atoms with Gasteiger partial charge < -0.3 is 4.74 Å². The van der Waals surface area contributed by atoms with Gasteiger partial charge in [-0.2, -0.15) is 5.10 Å². The number of hydrogen-bond acceptors (Lipinski definition) is 3. The summed E-state index contributed by atoms with van der Waals surface area (Å²) in [4.78, 5) is 12.5. The van der Waals surface area contributed by atoms with Crippen LogP contribution >= 0.6 is 0 Å². The van der Waals surface area contributed by atoms with E-state index in [4.69, 9.17) is 4.74 Å². The minimum Gasteiger partial charge on any atom is -0.493 e. The lowest BCUT2D eigenvalue weighted by Crippen LogP contribution is -2.12. The second kappa shape index (κ2) is 7.07. The molecule has 0 N–H and O–H groups in total. The summed E-state index contributed by atoms with van der Waals surface area (Å²) in [5.74, 6) is 0.650. The van der Waals surface area contributed by atoms with Crippen molar-refractivity contribution < 1.29 is 9.53 Å². The molecule has 0 spiro atoms. The van der Waals surface area contributed by atoms with E-state index in [1.807, 2.05) is 6.07 Å². The number of benzene rings is 1. The van der Waals surface area contributed by atoms with Gasteiger partial charge >= 0.3 is 0 Å². The number of nitrogens with zero attached hydrogens (tertiary/aromatic N) is 2. The zero-order chi connectivity index (χ0) is 15.2. The van der Waals surface area contributed by atoms with Crippen LogP contribution in [0, 0.1) is 6.92 Å². The Morgan fingerprint density at radius 2 is 2.19 bits per heavy atom. The first-order valence-corrected chi connectivity index (χ1v) is 7.34. The van der Waals surface area contributed by atoms with E-state index >= 15 is 0 Å². The number of aryl methyl sites for hydroxylation is 3. The van der Waals surface area contributed by atoms with Gasteiger partial charge in [-0.3, -0.25) is 9.48 Å². The highest BCUT2D eigenvalue weighted by molar-refractivity contribution is 5.97. The summed E-state index contributed by atoms with van der Waals surface area (Å²) < 4.78 is 7.01. The number of rotatable bonds is 7. The molecule has 0 unspecified atom stereocenters. The maximum absolute atomic E-state index is 12.5. The number of carbonyl (C=O) groups is 1. The number of carbonyl (C=O) groups excluding carboxylic acids is 1. The van der Waals surface area contributed by atoms with Gasteiger partial charge in [0.15, 0.2) is 11.5 Å². The molecule has 0 amide bonds. The van der Waals surface area contributed by atoms with Crippen molar-refractivity contribution in [3.05, 3.63) is 47.3 Å². The van der Waals surface area contributed by atoms with Crippen molar-refractivity contribution in [1.82, 2.24) is 9.78 Å². The maximum Gasteiger partial charge on any atom is 0.185 e. The van der Waals surface area contributed by atoms with E-state index in [0.29, 0.717) is 17.9 Å². The van der Waals surface area contributed by atoms with E-state index < -0.39 is 0 Å². The summed E-state index contributed by atoms with van der Waals surface area (Å²) in [6, 6.07) is 8.26. The van der Waals surface area contributed by atoms with Crippen LogP contribution in [0.15, 0.2) is 30.5 Å². The molecule has 1 aromatic carbocycles. The Balaban J connectivity index is 2.11. The standard InChI is InChI=1S/C17H22N2O2/c1-4-10-19-17(16(21-3)12-18-19)15(20)9-8-14-7-5-6-13(2)11-14/h5-7,11-12H,4,8-10H2,1-3H3. The lowest BCUT2D eigenvalue weighted by atomic mass is 10.0. The van der Waals surface area contributed by atoms with Gasteiger partial charge in [0.05, 0.1) is 13.3 Å². The van der Waals surface area contributed by atoms with Gasteiger partial charge in [-0.15, -0.1) is 0 Å². The number of Topliss-reactive ketones (excluding diaryl/α,β-unsaturated/α-hetero) is 1. The fraction of sp³-hybridized carbons (Fsp3) is 0.412. The number of aromatic nitrogens is 2. The minimum absolute atomic E-state index is 0.0827. The molecule has 0 atom stereocenters. The highest BCUT2D eigenvalue weighted by atomic mass is 16.5. The summed E-state index contributed by atoms with van der Waals surface area (Å²) in [6.07, 6.45) is 3.76. The summed E-state index contributed by atoms with van der Waals surface area (Å²) in [6.45, 7) is 4.86. The quantitative estimate of drug-likeness (QED) is 0.732. The molecule has 0 saturated carbocycles. The molecule has 0 aliphatic carbocycles. The molecule has 1 aromatic heterocycles. The van der Waals surface area contributed by atoms with E-state index in [1.165, 1.54) is 11.1 Å². The lowest BCUT2D eigenvalue weighted by molar-refractivity contribution is 0.0969. The molecule has 0 fully saturated rings. The first kappa shape index (κ1) is 15.3. The molecule has 2 aromatic rings. The Labute approximate surface area is 125 Å². The van der Waals surface area contributed by atoms with Gasteiger partial charge in [0.2, 0.25) is 0 Å². The number of methoxy groups -OCH3 is 1. The summed E-state index contributed by atoms with van der Waals surface area (Å²) in [5, 5.41) is 4.24. The van der Waals surface area contributed by atoms with E-state index in [0.717, 1.165) is 19.4 Å². The molecule has 0 bridgehead atoms. The highest BCUT2D eigenvalue weighted by Crippen LogP contribution is 2.20. The van der Waals surface area contributed by atoms with Gasteiger partial charge in [-0.1, -0.05) is 36.8 Å². The van der Waals surface area contributed by atoms with Crippen LogP contribution in [0.4, 0.5) is 0 Å². The van der Waals surface area contributed by atoms with Crippen molar-refractivity contribution in [3.63, 3.8) is 0 Å². The van der Waals surface area contributed by atoms with Crippen LogP contribution in [0.5, 0.6) is 5.75 Å². The van der Waals surface area contributed by atoms with E-state index in [1.54, 1.807) is 18.0 Å². The van der Waals surface area contributed by atoms with Crippen LogP contribution in [0.3, 0.4) is 0 Å². The topological polar surface area (TPSA) is 44.1 Å². The van der Waals surface area contributed by atoms with Crippen molar-refractivity contribution in [2.75, 3.05) is 7.11 Å². The first-order chi connectivity index (χ1) is 10.2. The zero-order valence-electron chi connectivity index (χ0n) is 12.9. The predicted octanol–water partition coefficient (Wildman–Crippen LogP) is 3.43. The van der Waals surface area contributed by atoms with Crippen LogP contribution in [0.1, 0.15) is 41.4 Å². The van der Waals surface area contributed by atoms with Crippen molar-refractivity contribution in [2.45, 2.75) is 39.7 Å². The Morgan fingerprint density at radius 1 is 1.38 bits per heavy atom. The molecule has 0 saturated heterocycles. The van der Waals surface area contributed by atoms with Gasteiger partial charge in [0.1, 0.15) is 5.69 Å². The van der Waals surface area contributed by atoms with E-state index in [2.05, 4.69) is 37.1 Å². The summed E-state index contributed by atoms with van der Waals surface area (Å²) in [7, 11) is 1.57. The third-order valence-corrected chi connectivity index (χ3v) is 3.45. The molecule has 2 rings (SSSR count). The Kier molecular flexibility index (Phi) is 5.14. The minimum atomic E-state index is 0.0827. The lowest BCUT2D eigenvalue weighted by Gasteiger charge is -2.08. The number of ketones is 1. The van der Waals surface area contributed by atoms with Crippen LogP contribution in [0.25, 0.3) is 0 Å². The normalized spacial score (nSPS) is 10.6. The zero-order valence-corrected chi connectivity index (χ0v) is 12.9. The monoisotopic (exact) mass is 286 g/mol. The molecular formula is C17H22N2O2. The van der Waals surface area contributed by atoms with E-state index in [-0.39, 0.29) is 5.78 Å². The number of hydrogen-bond donors (Lipinski definition) is 0. The Bertz CT molecular complexity index is 617. The molecule has 1 heterocycles. The molecule has 0 aliphatic rings. The SMILES string of the molecule is CCCn1ncc(OC)c1C(=O)CCc1cccc(C)c1. The average molecular weight is 286 g/mol. The van der Waals surface area contributed by atoms with Crippen molar-refractivity contribution in [3.8, 4) is 5.75 Å². The van der Waals surface area contributed by atoms with Gasteiger partial charge in [0.25, 0.3) is 0 Å². The largest absolute Gasteiger partial charge is 0.493 e. The van der Waals surface area contributed by atoms with Crippen LogP contribution in [-0.2, 0) is 13.0 Å². The summed E-state index contributed by atoms with van der Waals surface area (Å²) >= 11 is 0. The molecule has 112 valence electrons. The average Bonchev–Trinajstić information content (AvgIpc) is 2.88. The molecular weight excluding hydrogens is 264 g/mol. The van der Waals surface area contributed by atoms with Crippen LogP contribution in [0.2, 0.25) is 0 Å². The van der Waals surface area contributed by atoms with Crippen LogP contribution < -0.4 is 4.74 Å². The third-order valence-electron chi connectivity index (χ3n) is 3.45. The Morgan fingerprint density at radius 3 is 2.86 bits per heavy atom. The molecule has 21 heavy (non-hydrogen) atoms. The van der Waals surface area contributed by atoms with Crippen LogP contribution in [-0.4, -0.2) is 22.7 Å². The van der Waals surface area contributed by atoms with Gasteiger partial charge in [0, 0.05) is 13.0 Å². The number of ether oxygens (including phenoxy) is 1. The van der Waals surface area contributed by atoms with Crippen molar-refractivity contribution >= 4 is 5.78 Å².